The Labute approximate surface area is 373 Å². The van der Waals surface area contributed by atoms with E-state index in [-0.39, 0.29) is 28.7 Å². The topological polar surface area (TPSA) is 264 Å². The Hall–Kier alpha value is -6.34. The molecular formula is C47H50N2O16. The molecule has 0 aromatic heterocycles. The van der Waals surface area contributed by atoms with E-state index in [0.717, 1.165) is 26.0 Å². The van der Waals surface area contributed by atoms with Crippen molar-refractivity contribution in [1.82, 2.24) is 5.32 Å². The zero-order valence-electron chi connectivity index (χ0n) is 36.4. The summed E-state index contributed by atoms with van der Waals surface area (Å²) in [5.74, 6) is -7.59. The van der Waals surface area contributed by atoms with Gasteiger partial charge in [-0.2, -0.15) is 0 Å². The minimum atomic E-state index is -2.54. The fourth-order valence-electron chi connectivity index (χ4n) is 10.4. The van der Waals surface area contributed by atoms with E-state index in [2.05, 4.69) is 5.32 Å². The van der Waals surface area contributed by atoms with Crippen LogP contribution in [0.2, 0.25) is 0 Å². The molecule has 0 radical (unpaired) electrons. The first kappa shape index (κ1) is 46.6. The average molecular weight is 899 g/mol. The minimum Gasteiger partial charge on any atom is -0.456 e. The van der Waals surface area contributed by atoms with Crippen LogP contribution in [-0.4, -0.2) is 110 Å². The lowest BCUT2D eigenvalue weighted by Gasteiger charge is -2.67. The van der Waals surface area contributed by atoms with E-state index < -0.39 is 130 Å². The van der Waals surface area contributed by atoms with Crippen LogP contribution in [0, 0.1) is 26.9 Å². The maximum absolute atomic E-state index is 15.5. The second-order valence-corrected chi connectivity index (χ2v) is 17.8. The van der Waals surface area contributed by atoms with E-state index in [1.54, 1.807) is 48.5 Å². The summed E-state index contributed by atoms with van der Waals surface area (Å²) < 4.78 is 30.1. The quantitative estimate of drug-likeness (QED) is 0.0704. The van der Waals surface area contributed by atoms with Crippen LogP contribution >= 0.6 is 0 Å². The smallest absolute Gasteiger partial charge is 0.338 e. The lowest BCUT2D eigenvalue weighted by Crippen LogP contribution is -2.82. The molecule has 0 spiro atoms. The van der Waals surface area contributed by atoms with Crippen molar-refractivity contribution in [2.24, 2.45) is 16.7 Å². The molecule has 3 aliphatic carbocycles. The standard InChI is InChI=1S/C47H50N2O16/c1-24-31(63-43(57)36(53)35(27-14-9-7-10-15-27)48-41(55)28-16-11-8-12-17-28)22-47(58)40(64-42(56)29-18-13-19-30(20-29)49(59)60)38-45(6,32(52)21-33-46(38,23-61-33)65-26(3)51)39(54)37(62-25(2)50)34(24)44(47,4)5/h7-20,31-33,35-38,40,52-53,58H,21-23H2,1-6H3,(H,48,55)/t31-,32-,33+,35-,36+,37+,38-,40-,45+,46-,47+/m0/s1. The maximum Gasteiger partial charge on any atom is 0.338 e. The van der Waals surface area contributed by atoms with Gasteiger partial charge in [-0.3, -0.25) is 29.3 Å². The van der Waals surface area contributed by atoms with Gasteiger partial charge in [0.1, 0.15) is 23.9 Å². The predicted molar refractivity (Wildman–Crippen MR) is 224 cm³/mol. The highest BCUT2D eigenvalue weighted by atomic mass is 16.6. The molecule has 3 aromatic rings. The van der Waals surface area contributed by atoms with Gasteiger partial charge in [0.2, 0.25) is 0 Å². The molecule has 18 heteroatoms. The van der Waals surface area contributed by atoms with E-state index >= 15 is 4.79 Å². The average Bonchev–Trinajstić information content (AvgIpc) is 3.26. The molecule has 1 aliphatic heterocycles. The second kappa shape index (κ2) is 17.2. The second-order valence-electron chi connectivity index (χ2n) is 17.8. The number of hydrogen-bond acceptors (Lipinski definition) is 16. The molecule has 2 saturated carbocycles. The van der Waals surface area contributed by atoms with E-state index in [9.17, 15) is 49.4 Å². The first-order chi connectivity index (χ1) is 30.6. The highest BCUT2D eigenvalue weighted by molar-refractivity contribution is 5.96. The predicted octanol–water partition coefficient (Wildman–Crippen LogP) is 3.64. The first-order valence-electron chi connectivity index (χ1n) is 21.0. The van der Waals surface area contributed by atoms with Crippen molar-refractivity contribution in [2.45, 2.75) is 108 Å². The fourth-order valence-corrected chi connectivity index (χ4v) is 10.4. The Morgan fingerprint density at radius 1 is 0.892 bits per heavy atom. The van der Waals surface area contributed by atoms with Gasteiger partial charge < -0.3 is 44.3 Å². The number of nitrogens with zero attached hydrogens (tertiary/aromatic N) is 1. The van der Waals surface area contributed by atoms with E-state index in [1.807, 2.05) is 0 Å². The number of aliphatic hydroxyl groups is 3. The third-order valence-corrected chi connectivity index (χ3v) is 13.8. The van der Waals surface area contributed by atoms with Gasteiger partial charge in [0.25, 0.3) is 11.6 Å². The van der Waals surface area contributed by atoms with Gasteiger partial charge >= 0.3 is 23.9 Å². The number of nitro benzene ring substituents is 1. The van der Waals surface area contributed by atoms with E-state index in [1.165, 1.54) is 52.0 Å². The molecule has 4 N–H and O–H groups in total. The van der Waals surface area contributed by atoms with Crippen LogP contribution in [0.25, 0.3) is 0 Å². The number of rotatable bonds is 11. The molecule has 3 aromatic carbocycles. The van der Waals surface area contributed by atoms with Crippen LogP contribution in [0.5, 0.6) is 0 Å². The van der Waals surface area contributed by atoms with Gasteiger partial charge in [-0.25, -0.2) is 9.59 Å². The van der Waals surface area contributed by atoms with Gasteiger partial charge in [-0.1, -0.05) is 68.4 Å². The SMILES string of the molecule is CC(=O)O[C@H]1C(=O)[C@@]2(C)[C@H]([C@H](OC(=O)c3cccc([N+](=O)[O-])c3)[C@]3(O)C[C@H](OC(=O)[C@H](O)[C@@H](NC(=O)c4ccccc4)c4ccccc4)C(C)=C1C3(C)C)[C@]1(OC(C)=O)CO[C@@H]1C[C@@H]2O. The summed E-state index contributed by atoms with van der Waals surface area (Å²) in [4.78, 5) is 94.8. The fraction of sp³-hybridized carbons (Fsp3) is 0.447. The number of ketones is 1. The lowest BCUT2D eigenvalue weighted by atomic mass is 9.44. The van der Waals surface area contributed by atoms with Gasteiger partial charge in [0.15, 0.2) is 23.6 Å². The number of ether oxygens (including phenoxy) is 5. The van der Waals surface area contributed by atoms with Gasteiger partial charge in [-0.05, 0) is 48.8 Å². The summed E-state index contributed by atoms with van der Waals surface area (Å²) in [6.07, 6.45) is -11.3. The Bertz CT molecular complexity index is 2460. The van der Waals surface area contributed by atoms with Crippen LogP contribution in [0.3, 0.4) is 0 Å². The van der Waals surface area contributed by atoms with E-state index in [4.69, 9.17) is 23.7 Å². The third-order valence-electron chi connectivity index (χ3n) is 13.8. The van der Waals surface area contributed by atoms with Crippen LogP contribution in [0.4, 0.5) is 5.69 Å². The Kier molecular flexibility index (Phi) is 12.4. The summed E-state index contributed by atoms with van der Waals surface area (Å²) >= 11 is 0. The number of aliphatic hydroxyl groups excluding tert-OH is 2. The van der Waals surface area contributed by atoms with Crippen LogP contribution in [0.1, 0.15) is 86.7 Å². The summed E-state index contributed by atoms with van der Waals surface area (Å²) in [6, 6.07) is 19.3. The van der Waals surface area contributed by atoms with E-state index in [0.29, 0.717) is 5.56 Å². The number of benzene rings is 3. The number of Topliss-reactive ketones (excluding diaryl/α,β-unsaturated/α-hetero) is 1. The number of hydrogen-bond donors (Lipinski definition) is 4. The number of nitro groups is 1. The Morgan fingerprint density at radius 3 is 2.11 bits per heavy atom. The number of nitrogens with one attached hydrogen (secondary N) is 1. The van der Waals surface area contributed by atoms with Crippen LogP contribution in [0.15, 0.2) is 96.1 Å². The monoisotopic (exact) mass is 898 g/mol. The Balaban J connectivity index is 1.40. The molecule has 7 rings (SSSR count). The van der Waals surface area contributed by atoms with Crippen molar-refractivity contribution < 1.29 is 72.7 Å². The van der Waals surface area contributed by atoms with Gasteiger partial charge in [0.05, 0.1) is 40.6 Å². The number of esters is 4. The normalized spacial score (nSPS) is 30.9. The highest BCUT2D eigenvalue weighted by Crippen LogP contribution is 2.64. The molecule has 18 nitrogen and oxygen atoms in total. The number of carbonyl (C=O) groups excluding carboxylic acids is 6. The van der Waals surface area contributed by atoms with Crippen molar-refractivity contribution in [1.29, 1.82) is 0 Å². The number of fused-ring (bicyclic) bond motifs is 5. The summed E-state index contributed by atoms with van der Waals surface area (Å²) in [7, 11) is 0. The molecule has 65 heavy (non-hydrogen) atoms. The summed E-state index contributed by atoms with van der Waals surface area (Å²) in [5, 5.41) is 52.0. The molecule has 2 bridgehead atoms. The first-order valence-corrected chi connectivity index (χ1v) is 21.0. The molecule has 344 valence electrons. The molecule has 3 fully saturated rings. The van der Waals surface area contributed by atoms with Crippen molar-refractivity contribution in [3.05, 3.63) is 123 Å². The summed E-state index contributed by atoms with van der Waals surface area (Å²) in [5.41, 5.74) is -8.65. The molecule has 4 aliphatic rings. The molecule has 1 heterocycles. The largest absolute Gasteiger partial charge is 0.456 e. The third kappa shape index (κ3) is 7.87. The molecular weight excluding hydrogens is 849 g/mol. The minimum absolute atomic E-state index is 0.0903. The number of carbonyl (C=O) groups is 6. The number of non-ortho nitro benzene ring substituents is 1. The number of amides is 1. The molecule has 1 saturated heterocycles. The Morgan fingerprint density at radius 2 is 1.52 bits per heavy atom. The highest BCUT2D eigenvalue weighted by Gasteiger charge is 2.78. The zero-order valence-corrected chi connectivity index (χ0v) is 36.4. The zero-order chi connectivity index (χ0) is 47.4. The van der Waals surface area contributed by atoms with Gasteiger partial charge in [-0.15, -0.1) is 0 Å². The van der Waals surface area contributed by atoms with Crippen molar-refractivity contribution in [3.8, 4) is 0 Å². The molecule has 0 unspecified atom stereocenters. The molecule has 1 amide bonds. The van der Waals surface area contributed by atoms with Gasteiger partial charge in [0, 0.05) is 49.8 Å². The summed E-state index contributed by atoms with van der Waals surface area (Å²) in [6.45, 7) is 7.49. The van der Waals surface area contributed by atoms with Crippen LogP contribution < -0.4 is 5.32 Å². The van der Waals surface area contributed by atoms with Crippen molar-refractivity contribution >= 4 is 41.3 Å². The maximum atomic E-state index is 15.5. The van der Waals surface area contributed by atoms with Crippen LogP contribution in [-0.2, 0) is 42.9 Å². The van der Waals surface area contributed by atoms with Crippen molar-refractivity contribution in [2.75, 3.05) is 6.61 Å². The molecule has 11 atom stereocenters. The van der Waals surface area contributed by atoms with Crippen molar-refractivity contribution in [3.63, 3.8) is 0 Å². The lowest BCUT2D eigenvalue weighted by molar-refractivity contribution is -0.384.